The third-order valence-corrected chi connectivity index (χ3v) is 4.75. The molecule has 1 aromatic heterocycles. The van der Waals surface area contributed by atoms with Gasteiger partial charge in [-0.15, -0.1) is 0 Å². The fourth-order valence-electron chi connectivity index (χ4n) is 3.59. The summed E-state index contributed by atoms with van der Waals surface area (Å²) in [5.74, 6) is -0.728. The molecule has 27 heavy (non-hydrogen) atoms. The molecule has 140 valence electrons. The Morgan fingerprint density at radius 1 is 1.07 bits per heavy atom. The average Bonchev–Trinajstić information content (AvgIpc) is 3.02. The summed E-state index contributed by atoms with van der Waals surface area (Å²) in [6.07, 6.45) is 1.80. The number of ether oxygens (including phenoxy) is 1. The molecule has 1 N–H and O–H groups in total. The fraction of sp³-hybridized carbons (Fsp3) is 0.273. The van der Waals surface area contributed by atoms with Crippen LogP contribution in [-0.2, 0) is 9.53 Å². The Bertz CT molecular complexity index is 1020. The summed E-state index contributed by atoms with van der Waals surface area (Å²) in [5.41, 5.74) is 7.52. The first-order valence-corrected chi connectivity index (χ1v) is 8.79. The highest BCUT2D eigenvalue weighted by atomic mass is 16.5. The predicted octanol–water partition coefficient (Wildman–Crippen LogP) is 4.51. The number of benzene rings is 1. The molecule has 0 radical (unpaired) electrons. The maximum Gasteiger partial charge on any atom is 0.343 e. The predicted molar refractivity (Wildman–Crippen MR) is 107 cm³/mol. The van der Waals surface area contributed by atoms with Gasteiger partial charge in [-0.25, -0.2) is 9.79 Å². The van der Waals surface area contributed by atoms with Crippen LogP contribution in [0.25, 0.3) is 11.8 Å². The Balaban J connectivity index is 2.10. The van der Waals surface area contributed by atoms with Crippen LogP contribution in [0.1, 0.15) is 35.0 Å². The lowest BCUT2D eigenvalue weighted by Gasteiger charge is -2.12. The zero-order valence-corrected chi connectivity index (χ0v) is 16.5. The van der Waals surface area contributed by atoms with Crippen molar-refractivity contribution in [1.29, 1.82) is 0 Å². The van der Waals surface area contributed by atoms with Gasteiger partial charge in [-0.2, -0.15) is 0 Å². The molecule has 5 nitrogen and oxygen atoms in total. The van der Waals surface area contributed by atoms with E-state index in [2.05, 4.69) is 41.6 Å². The van der Waals surface area contributed by atoms with Crippen LogP contribution in [0, 0.1) is 27.7 Å². The first-order chi connectivity index (χ1) is 12.7. The Morgan fingerprint density at radius 2 is 1.70 bits per heavy atom. The van der Waals surface area contributed by atoms with Crippen LogP contribution >= 0.6 is 0 Å². The van der Waals surface area contributed by atoms with Crippen molar-refractivity contribution in [1.82, 2.24) is 4.57 Å². The molecule has 0 saturated carbocycles. The first-order valence-electron chi connectivity index (χ1n) is 8.79. The van der Waals surface area contributed by atoms with Crippen molar-refractivity contribution in [2.24, 2.45) is 4.99 Å². The summed E-state index contributed by atoms with van der Waals surface area (Å²) in [5, 5.41) is 10.4. The number of aliphatic hydroxyl groups is 1. The number of hydrogen-bond acceptors (Lipinski definition) is 4. The zero-order valence-electron chi connectivity index (χ0n) is 16.5. The van der Waals surface area contributed by atoms with E-state index in [1.807, 2.05) is 19.9 Å². The molecule has 2 heterocycles. The van der Waals surface area contributed by atoms with Crippen LogP contribution in [-0.4, -0.2) is 28.5 Å². The molecule has 0 bridgehead atoms. The number of nitrogens with zero attached hydrogens (tertiary/aromatic N) is 2. The third kappa shape index (κ3) is 3.33. The van der Waals surface area contributed by atoms with Crippen molar-refractivity contribution in [2.45, 2.75) is 34.6 Å². The summed E-state index contributed by atoms with van der Waals surface area (Å²) in [7, 11) is 1.29. The number of rotatable bonds is 3. The van der Waals surface area contributed by atoms with Gasteiger partial charge in [0.2, 0.25) is 0 Å². The van der Waals surface area contributed by atoms with E-state index in [0.29, 0.717) is 11.4 Å². The lowest BCUT2D eigenvalue weighted by molar-refractivity contribution is -0.135. The molecule has 0 saturated heterocycles. The number of aromatic nitrogens is 1. The molecule has 1 aromatic carbocycles. The van der Waals surface area contributed by atoms with Gasteiger partial charge in [-0.1, -0.05) is 6.07 Å². The topological polar surface area (TPSA) is 63.8 Å². The Kier molecular flexibility index (Phi) is 4.79. The van der Waals surface area contributed by atoms with Gasteiger partial charge in [0.25, 0.3) is 0 Å². The van der Waals surface area contributed by atoms with Crippen LogP contribution in [0.15, 0.2) is 46.3 Å². The second-order valence-corrected chi connectivity index (χ2v) is 6.95. The molecule has 0 spiro atoms. The van der Waals surface area contributed by atoms with Crippen molar-refractivity contribution >= 4 is 17.8 Å². The highest BCUT2D eigenvalue weighted by Gasteiger charge is 2.27. The standard InChI is InChI=1S/C22H24N2O3/c1-12-7-13(2)9-18(8-12)24-14(3)10-17(16(24)5)11-19-21(25)20(15(4)23-19)22(26)27-6/h7-11,25H,1-6H3/b19-11+. The molecule has 1 aliphatic heterocycles. The largest absolute Gasteiger partial charge is 0.505 e. The number of carbonyl (C=O) groups excluding carboxylic acids is 1. The van der Waals surface area contributed by atoms with Gasteiger partial charge >= 0.3 is 5.97 Å². The minimum atomic E-state index is -0.585. The summed E-state index contributed by atoms with van der Waals surface area (Å²) in [6.45, 7) is 9.93. The van der Waals surface area contributed by atoms with Crippen LogP contribution in [0.3, 0.4) is 0 Å². The van der Waals surface area contributed by atoms with Gasteiger partial charge in [-0.05, 0) is 75.6 Å². The minimum absolute atomic E-state index is 0.117. The SMILES string of the molecule is COC(=O)C1=C(O)/C(=C\c2cc(C)n(-c3cc(C)cc(C)c3)c2C)N=C1C. The normalized spacial score (nSPS) is 15.5. The number of aryl methyl sites for hydroxylation is 3. The third-order valence-electron chi connectivity index (χ3n) is 4.75. The van der Waals surface area contributed by atoms with Crippen LogP contribution in [0.4, 0.5) is 0 Å². The van der Waals surface area contributed by atoms with E-state index in [-0.39, 0.29) is 11.3 Å². The average molecular weight is 364 g/mol. The lowest BCUT2D eigenvalue weighted by atomic mass is 10.1. The summed E-state index contributed by atoms with van der Waals surface area (Å²) in [6, 6.07) is 8.49. The summed E-state index contributed by atoms with van der Waals surface area (Å²) >= 11 is 0. The molecular formula is C22H24N2O3. The van der Waals surface area contributed by atoms with E-state index in [9.17, 15) is 9.90 Å². The van der Waals surface area contributed by atoms with Crippen LogP contribution < -0.4 is 0 Å². The number of esters is 1. The lowest BCUT2D eigenvalue weighted by Crippen LogP contribution is -2.11. The van der Waals surface area contributed by atoms with Gasteiger partial charge in [0.1, 0.15) is 11.3 Å². The molecule has 0 unspecified atom stereocenters. The summed E-state index contributed by atoms with van der Waals surface area (Å²) in [4.78, 5) is 16.2. The second kappa shape index (κ2) is 6.91. The molecule has 3 rings (SSSR count). The van der Waals surface area contributed by atoms with E-state index >= 15 is 0 Å². The summed E-state index contributed by atoms with van der Waals surface area (Å²) < 4.78 is 6.91. The Morgan fingerprint density at radius 3 is 2.30 bits per heavy atom. The van der Waals surface area contributed by atoms with Crippen molar-refractivity contribution in [2.75, 3.05) is 7.11 Å². The number of hydrogen-bond donors (Lipinski definition) is 1. The minimum Gasteiger partial charge on any atom is -0.505 e. The van der Waals surface area contributed by atoms with E-state index in [0.717, 1.165) is 22.6 Å². The van der Waals surface area contributed by atoms with Gasteiger partial charge in [0.05, 0.1) is 12.8 Å². The second-order valence-electron chi connectivity index (χ2n) is 6.95. The van der Waals surface area contributed by atoms with Crippen molar-refractivity contribution in [3.63, 3.8) is 0 Å². The highest BCUT2D eigenvalue weighted by molar-refractivity contribution is 6.22. The van der Waals surface area contributed by atoms with Crippen molar-refractivity contribution < 1.29 is 14.6 Å². The maximum atomic E-state index is 11.9. The Labute approximate surface area is 159 Å². The van der Waals surface area contributed by atoms with Crippen LogP contribution in [0.2, 0.25) is 0 Å². The number of aliphatic hydroxyl groups excluding tert-OH is 1. The molecule has 5 heteroatoms. The van der Waals surface area contributed by atoms with E-state index in [4.69, 9.17) is 4.74 Å². The molecule has 0 fully saturated rings. The molecule has 1 aliphatic rings. The fourth-order valence-corrected chi connectivity index (χ4v) is 3.59. The Hall–Kier alpha value is -3.08. The molecule has 0 amide bonds. The monoisotopic (exact) mass is 364 g/mol. The van der Waals surface area contributed by atoms with Crippen molar-refractivity contribution in [3.8, 4) is 5.69 Å². The molecular weight excluding hydrogens is 340 g/mol. The first kappa shape index (κ1) is 18.7. The van der Waals surface area contributed by atoms with E-state index < -0.39 is 5.97 Å². The molecule has 2 aromatic rings. The van der Waals surface area contributed by atoms with Crippen molar-refractivity contribution in [3.05, 3.63) is 69.4 Å². The quantitative estimate of drug-likeness (QED) is 0.815. The molecule has 0 aliphatic carbocycles. The highest BCUT2D eigenvalue weighted by Crippen LogP contribution is 2.29. The number of aliphatic imine (C=N–C) groups is 1. The van der Waals surface area contributed by atoms with Gasteiger partial charge < -0.3 is 14.4 Å². The van der Waals surface area contributed by atoms with E-state index in [1.54, 1.807) is 13.0 Å². The van der Waals surface area contributed by atoms with Gasteiger partial charge in [-0.3, -0.25) is 0 Å². The number of methoxy groups -OCH3 is 1. The maximum absolute atomic E-state index is 11.9. The zero-order chi connectivity index (χ0) is 19.9. The van der Waals surface area contributed by atoms with E-state index in [1.165, 1.54) is 18.2 Å². The molecule has 0 atom stereocenters. The smallest absolute Gasteiger partial charge is 0.343 e. The van der Waals surface area contributed by atoms with Gasteiger partial charge in [0.15, 0.2) is 5.76 Å². The van der Waals surface area contributed by atoms with Gasteiger partial charge in [0, 0.05) is 17.1 Å². The number of carbonyl (C=O) groups is 1. The van der Waals surface area contributed by atoms with Crippen LogP contribution in [0.5, 0.6) is 0 Å².